The average molecular weight is 374 g/mol. The Hall–Kier alpha value is -1.31. The molecule has 134 valence electrons. The Kier molecular flexibility index (Phi) is 6.11. The molecule has 1 aromatic rings. The van der Waals surface area contributed by atoms with E-state index in [0.29, 0.717) is 29.4 Å². The summed E-state index contributed by atoms with van der Waals surface area (Å²) in [6.07, 6.45) is 1.11. The maximum absolute atomic E-state index is 12.6. The number of sulfonamides is 1. The van der Waals surface area contributed by atoms with Gasteiger partial charge in [-0.1, -0.05) is 24.6 Å². The van der Waals surface area contributed by atoms with Gasteiger partial charge in [0.15, 0.2) is 0 Å². The number of amides is 1. The highest BCUT2D eigenvalue weighted by Gasteiger charge is 2.27. The van der Waals surface area contributed by atoms with Crippen molar-refractivity contribution in [2.45, 2.75) is 13.8 Å². The fraction of sp³-hybridized carbons (Fsp3) is 0.562. The Morgan fingerprint density at radius 2 is 1.88 bits per heavy atom. The molecule has 0 unspecified atom stereocenters. The molecule has 1 fully saturated rings. The van der Waals surface area contributed by atoms with Crippen LogP contribution in [0.25, 0.3) is 0 Å². The van der Waals surface area contributed by atoms with E-state index >= 15 is 0 Å². The van der Waals surface area contributed by atoms with Crippen molar-refractivity contribution in [1.82, 2.24) is 9.80 Å². The number of hydrogen-bond donors (Lipinski definition) is 0. The Morgan fingerprint density at radius 3 is 2.42 bits per heavy atom. The number of piperazine rings is 1. The minimum absolute atomic E-state index is 0.185. The predicted octanol–water partition coefficient (Wildman–Crippen LogP) is 1.58. The molecule has 0 saturated carbocycles. The van der Waals surface area contributed by atoms with Crippen LogP contribution >= 0.6 is 11.6 Å². The normalized spacial score (nSPS) is 16.2. The van der Waals surface area contributed by atoms with Gasteiger partial charge in [-0.05, 0) is 31.2 Å². The number of benzene rings is 1. The highest BCUT2D eigenvalue weighted by Crippen LogP contribution is 2.28. The van der Waals surface area contributed by atoms with Crippen LogP contribution in [-0.4, -0.2) is 69.6 Å². The summed E-state index contributed by atoms with van der Waals surface area (Å²) in [4.78, 5) is 16.6. The van der Waals surface area contributed by atoms with Crippen LogP contribution in [-0.2, 0) is 14.8 Å². The topological polar surface area (TPSA) is 60.9 Å². The Balaban J connectivity index is 2.19. The first-order valence-corrected chi connectivity index (χ1v) is 10.2. The standard InChI is InChI=1S/C16H24ClN3O3S/c1-4-18-8-10-19(11-9-18)16(21)12-20(24(3,22)23)15-7-5-6-14(17)13(15)2/h5-7H,4,8-12H2,1-3H3. The molecule has 0 spiro atoms. The molecule has 1 amide bonds. The van der Waals surface area contributed by atoms with Gasteiger partial charge in [0.2, 0.25) is 15.9 Å². The number of anilines is 1. The lowest BCUT2D eigenvalue weighted by atomic mass is 10.2. The SMILES string of the molecule is CCN1CCN(C(=O)CN(c2cccc(Cl)c2C)S(C)(=O)=O)CC1. The van der Waals surface area contributed by atoms with Crippen LogP contribution in [0.5, 0.6) is 0 Å². The van der Waals surface area contributed by atoms with Gasteiger partial charge in [0.05, 0.1) is 11.9 Å². The van der Waals surface area contributed by atoms with E-state index in [1.54, 1.807) is 30.0 Å². The molecule has 8 heteroatoms. The summed E-state index contributed by atoms with van der Waals surface area (Å²) in [5.41, 5.74) is 1.10. The highest BCUT2D eigenvalue weighted by molar-refractivity contribution is 7.92. The summed E-state index contributed by atoms with van der Waals surface area (Å²) in [6.45, 7) is 7.47. The Morgan fingerprint density at radius 1 is 1.25 bits per heavy atom. The van der Waals surface area contributed by atoms with E-state index in [1.165, 1.54) is 0 Å². The molecule has 6 nitrogen and oxygen atoms in total. The molecule has 0 N–H and O–H groups in total. The zero-order chi connectivity index (χ0) is 17.9. The van der Waals surface area contributed by atoms with Crippen LogP contribution in [0.15, 0.2) is 18.2 Å². The number of carbonyl (C=O) groups excluding carboxylic acids is 1. The first kappa shape index (κ1) is 19.0. The van der Waals surface area contributed by atoms with E-state index in [1.807, 2.05) is 0 Å². The minimum atomic E-state index is -3.59. The molecule has 1 heterocycles. The van der Waals surface area contributed by atoms with Crippen molar-refractivity contribution < 1.29 is 13.2 Å². The van der Waals surface area contributed by atoms with Crippen molar-refractivity contribution in [2.24, 2.45) is 0 Å². The van der Waals surface area contributed by atoms with Crippen molar-refractivity contribution in [3.8, 4) is 0 Å². The van der Waals surface area contributed by atoms with Crippen molar-refractivity contribution in [3.63, 3.8) is 0 Å². The van der Waals surface area contributed by atoms with E-state index in [9.17, 15) is 13.2 Å². The fourth-order valence-electron chi connectivity index (χ4n) is 2.78. The number of rotatable bonds is 5. The molecular weight excluding hydrogens is 350 g/mol. The monoisotopic (exact) mass is 373 g/mol. The van der Waals surface area contributed by atoms with Crippen molar-refractivity contribution in [1.29, 1.82) is 0 Å². The maximum Gasteiger partial charge on any atom is 0.243 e. The lowest BCUT2D eigenvalue weighted by Gasteiger charge is -2.35. The Labute approximate surface area is 149 Å². The van der Waals surface area contributed by atoms with E-state index < -0.39 is 10.0 Å². The summed E-state index contributed by atoms with van der Waals surface area (Å²) in [5.74, 6) is -0.185. The summed E-state index contributed by atoms with van der Waals surface area (Å²) < 4.78 is 25.6. The number of carbonyl (C=O) groups is 1. The van der Waals surface area contributed by atoms with Crippen molar-refractivity contribution in [3.05, 3.63) is 28.8 Å². The second-order valence-electron chi connectivity index (χ2n) is 5.97. The lowest BCUT2D eigenvalue weighted by molar-refractivity contribution is -0.131. The van der Waals surface area contributed by atoms with Crippen LogP contribution in [0.4, 0.5) is 5.69 Å². The third-order valence-electron chi connectivity index (χ3n) is 4.36. The number of halogens is 1. The molecule has 0 bridgehead atoms. The van der Waals surface area contributed by atoms with Gasteiger partial charge in [0.25, 0.3) is 0 Å². The van der Waals surface area contributed by atoms with Gasteiger partial charge in [-0.25, -0.2) is 8.42 Å². The number of likely N-dealkylation sites (N-methyl/N-ethyl adjacent to an activating group) is 1. The molecule has 0 atom stereocenters. The molecule has 1 aromatic carbocycles. The van der Waals surface area contributed by atoms with Gasteiger partial charge in [0.1, 0.15) is 6.54 Å². The molecular formula is C16H24ClN3O3S. The van der Waals surface area contributed by atoms with Crippen LogP contribution in [0.2, 0.25) is 5.02 Å². The third kappa shape index (κ3) is 4.40. The van der Waals surface area contributed by atoms with E-state index in [4.69, 9.17) is 11.6 Å². The quantitative estimate of drug-likeness (QED) is 0.786. The zero-order valence-corrected chi connectivity index (χ0v) is 15.9. The zero-order valence-electron chi connectivity index (χ0n) is 14.3. The molecule has 1 aliphatic rings. The molecule has 1 saturated heterocycles. The van der Waals surface area contributed by atoms with Gasteiger partial charge in [-0.3, -0.25) is 9.10 Å². The first-order chi connectivity index (χ1) is 11.2. The van der Waals surface area contributed by atoms with Crippen molar-refractivity contribution >= 4 is 33.2 Å². The smallest absolute Gasteiger partial charge is 0.243 e. The van der Waals surface area contributed by atoms with Gasteiger partial charge >= 0.3 is 0 Å². The average Bonchev–Trinajstić information content (AvgIpc) is 2.54. The second-order valence-corrected chi connectivity index (χ2v) is 8.28. The second kappa shape index (κ2) is 7.72. The molecule has 0 aliphatic carbocycles. The molecule has 0 radical (unpaired) electrons. The molecule has 0 aromatic heterocycles. The predicted molar refractivity (Wildman–Crippen MR) is 97.1 cm³/mol. The van der Waals surface area contributed by atoms with Gasteiger partial charge < -0.3 is 9.80 Å². The van der Waals surface area contributed by atoms with Gasteiger partial charge in [0, 0.05) is 31.2 Å². The third-order valence-corrected chi connectivity index (χ3v) is 5.90. The molecule has 2 rings (SSSR count). The van der Waals surface area contributed by atoms with E-state index in [0.717, 1.165) is 30.2 Å². The minimum Gasteiger partial charge on any atom is -0.339 e. The first-order valence-electron chi connectivity index (χ1n) is 7.97. The fourth-order valence-corrected chi connectivity index (χ4v) is 3.85. The van der Waals surface area contributed by atoms with Gasteiger partial charge in [-0.15, -0.1) is 0 Å². The summed E-state index contributed by atoms with van der Waals surface area (Å²) >= 11 is 6.10. The number of nitrogens with zero attached hydrogens (tertiary/aromatic N) is 3. The lowest BCUT2D eigenvalue weighted by Crippen LogP contribution is -2.51. The largest absolute Gasteiger partial charge is 0.339 e. The van der Waals surface area contributed by atoms with E-state index in [2.05, 4.69) is 11.8 Å². The maximum atomic E-state index is 12.6. The summed E-state index contributed by atoms with van der Waals surface area (Å²) in [5, 5.41) is 0.477. The van der Waals surface area contributed by atoms with Crippen LogP contribution < -0.4 is 4.31 Å². The highest BCUT2D eigenvalue weighted by atomic mass is 35.5. The molecule has 1 aliphatic heterocycles. The Bertz CT molecular complexity index is 701. The molecule has 24 heavy (non-hydrogen) atoms. The van der Waals surface area contributed by atoms with Crippen LogP contribution in [0, 0.1) is 6.92 Å². The van der Waals surface area contributed by atoms with Crippen LogP contribution in [0.1, 0.15) is 12.5 Å². The van der Waals surface area contributed by atoms with Gasteiger partial charge in [-0.2, -0.15) is 0 Å². The summed E-state index contributed by atoms with van der Waals surface area (Å²) in [7, 11) is -3.59. The number of hydrogen-bond acceptors (Lipinski definition) is 4. The summed E-state index contributed by atoms with van der Waals surface area (Å²) in [6, 6.07) is 5.06. The van der Waals surface area contributed by atoms with Crippen LogP contribution in [0.3, 0.4) is 0 Å². The van der Waals surface area contributed by atoms with E-state index in [-0.39, 0.29) is 12.5 Å². The van der Waals surface area contributed by atoms with Crippen molar-refractivity contribution in [2.75, 3.05) is 49.8 Å².